The number of hydrogen-bond donors (Lipinski definition) is 0. The number of carbonyl (C=O) groups excluding carboxylic acids is 1. The lowest BCUT2D eigenvalue weighted by Gasteiger charge is -2.37. The Morgan fingerprint density at radius 1 is 0.822 bits per heavy atom. The summed E-state index contributed by atoms with van der Waals surface area (Å²) in [5.41, 5.74) is 4.89. The number of fused-ring (bicyclic) bond motifs is 3. The van der Waals surface area contributed by atoms with Gasteiger partial charge in [0.2, 0.25) is 0 Å². The number of anilines is 2. The molecule has 0 aromatic heterocycles. The number of methoxy groups -OCH3 is 1. The number of esters is 1. The van der Waals surface area contributed by atoms with E-state index >= 15 is 0 Å². The van der Waals surface area contributed by atoms with Crippen molar-refractivity contribution in [3.8, 4) is 11.5 Å². The van der Waals surface area contributed by atoms with E-state index in [9.17, 15) is 4.79 Å². The molecule has 0 aliphatic carbocycles. The van der Waals surface area contributed by atoms with Gasteiger partial charge in [-0.2, -0.15) is 0 Å². The molecule has 0 bridgehead atoms. The molecule has 0 N–H and O–H groups in total. The van der Waals surface area contributed by atoms with Gasteiger partial charge >= 0.3 is 5.97 Å². The van der Waals surface area contributed by atoms with Crippen LogP contribution in [0.15, 0.2) is 78.9 Å². The maximum Gasteiger partial charge on any atom is 0.338 e. The number of nitrogens with zero attached hydrogens (tertiary/aromatic N) is 2. The van der Waals surface area contributed by atoms with Crippen LogP contribution in [0.5, 0.6) is 11.5 Å². The molecular weight excluding hydrogens is 560 g/mol. The van der Waals surface area contributed by atoms with Gasteiger partial charge in [-0.3, -0.25) is 0 Å². The molecule has 6 heteroatoms. The van der Waals surface area contributed by atoms with Crippen LogP contribution in [0.2, 0.25) is 0 Å². The SMILES string of the molecule is CCCCOC(=O)c1cc2ccc(OC)cc2c2c1C=CC(c1ccc(N3CCCC3)cc1)(c1ccc(N3CCCC3)cc1)O2. The van der Waals surface area contributed by atoms with Gasteiger partial charge in [0.1, 0.15) is 11.5 Å². The van der Waals surface area contributed by atoms with Gasteiger partial charge in [0.15, 0.2) is 5.60 Å². The molecule has 0 atom stereocenters. The summed E-state index contributed by atoms with van der Waals surface area (Å²) in [6, 6.07) is 25.5. The van der Waals surface area contributed by atoms with Crippen molar-refractivity contribution >= 4 is 34.2 Å². The van der Waals surface area contributed by atoms with Gasteiger partial charge < -0.3 is 24.0 Å². The lowest BCUT2D eigenvalue weighted by atomic mass is 9.82. The van der Waals surface area contributed by atoms with Gasteiger partial charge in [-0.25, -0.2) is 4.79 Å². The maximum absolute atomic E-state index is 13.4. The summed E-state index contributed by atoms with van der Waals surface area (Å²) >= 11 is 0. The van der Waals surface area contributed by atoms with Crippen LogP contribution in [-0.2, 0) is 10.3 Å². The Kier molecular flexibility index (Phi) is 8.14. The van der Waals surface area contributed by atoms with Crippen LogP contribution < -0.4 is 19.3 Å². The molecule has 232 valence electrons. The first kappa shape index (κ1) is 29.3. The van der Waals surface area contributed by atoms with Crippen molar-refractivity contribution < 1.29 is 19.0 Å². The van der Waals surface area contributed by atoms with Crippen LogP contribution in [0, 0.1) is 0 Å². The Bertz CT molecular complexity index is 1640. The second-order valence-corrected chi connectivity index (χ2v) is 12.4. The van der Waals surface area contributed by atoms with E-state index < -0.39 is 5.60 Å². The summed E-state index contributed by atoms with van der Waals surface area (Å²) in [6.07, 6.45) is 10.9. The number of benzene rings is 4. The molecule has 7 rings (SSSR count). The molecule has 2 saturated heterocycles. The van der Waals surface area contributed by atoms with E-state index in [-0.39, 0.29) is 5.97 Å². The first-order valence-corrected chi connectivity index (χ1v) is 16.5. The third kappa shape index (κ3) is 5.52. The van der Waals surface area contributed by atoms with Crippen molar-refractivity contribution in [3.05, 3.63) is 101 Å². The number of carbonyl (C=O) groups is 1. The molecule has 3 aliphatic heterocycles. The maximum atomic E-state index is 13.4. The molecule has 4 aromatic carbocycles. The molecular formula is C39H42N2O4. The largest absolute Gasteiger partial charge is 0.497 e. The second-order valence-electron chi connectivity index (χ2n) is 12.4. The minimum Gasteiger partial charge on any atom is -0.497 e. The molecule has 3 heterocycles. The number of ether oxygens (including phenoxy) is 3. The summed E-state index contributed by atoms with van der Waals surface area (Å²) in [7, 11) is 1.67. The van der Waals surface area contributed by atoms with Crippen molar-refractivity contribution in [2.45, 2.75) is 51.0 Å². The van der Waals surface area contributed by atoms with Gasteiger partial charge in [-0.1, -0.05) is 43.7 Å². The summed E-state index contributed by atoms with van der Waals surface area (Å²) in [5, 5.41) is 1.79. The van der Waals surface area contributed by atoms with Crippen LogP contribution in [0.3, 0.4) is 0 Å². The van der Waals surface area contributed by atoms with Crippen LogP contribution in [0.25, 0.3) is 16.8 Å². The Morgan fingerprint density at radius 3 is 1.98 bits per heavy atom. The van der Waals surface area contributed by atoms with Crippen molar-refractivity contribution in [1.82, 2.24) is 0 Å². The van der Waals surface area contributed by atoms with Crippen LogP contribution in [0.1, 0.15) is 72.5 Å². The van der Waals surface area contributed by atoms with Gasteiger partial charge in [-0.05, 0) is 92.1 Å². The topological polar surface area (TPSA) is 51.2 Å². The lowest BCUT2D eigenvalue weighted by Crippen LogP contribution is -2.35. The van der Waals surface area contributed by atoms with Gasteiger partial charge in [-0.15, -0.1) is 0 Å². The summed E-state index contributed by atoms with van der Waals surface area (Å²) in [5.74, 6) is 1.06. The fourth-order valence-corrected chi connectivity index (χ4v) is 6.98. The zero-order valence-electron chi connectivity index (χ0n) is 26.4. The number of unbranched alkanes of at least 4 members (excludes halogenated alkanes) is 1. The van der Waals surface area contributed by atoms with Gasteiger partial charge in [0.25, 0.3) is 0 Å². The predicted octanol–water partition coefficient (Wildman–Crippen LogP) is 8.36. The highest BCUT2D eigenvalue weighted by Crippen LogP contribution is 2.47. The first-order chi connectivity index (χ1) is 22.1. The summed E-state index contributed by atoms with van der Waals surface area (Å²) < 4.78 is 18.6. The fourth-order valence-electron chi connectivity index (χ4n) is 6.98. The van der Waals surface area contributed by atoms with Crippen molar-refractivity contribution in [1.29, 1.82) is 0 Å². The Morgan fingerprint density at radius 2 is 1.42 bits per heavy atom. The first-order valence-electron chi connectivity index (χ1n) is 16.5. The average Bonchev–Trinajstić information content (AvgIpc) is 3.84. The summed E-state index contributed by atoms with van der Waals surface area (Å²) in [6.45, 7) is 6.86. The Balaban J connectivity index is 1.37. The van der Waals surface area contributed by atoms with Gasteiger partial charge in [0, 0.05) is 59.6 Å². The molecule has 0 unspecified atom stereocenters. The van der Waals surface area contributed by atoms with E-state index in [1.165, 1.54) is 37.1 Å². The molecule has 4 aromatic rings. The highest BCUT2D eigenvalue weighted by atomic mass is 16.5. The zero-order valence-corrected chi connectivity index (χ0v) is 26.4. The molecule has 45 heavy (non-hydrogen) atoms. The van der Waals surface area contributed by atoms with E-state index in [1.54, 1.807) is 7.11 Å². The van der Waals surface area contributed by atoms with Gasteiger partial charge in [0.05, 0.1) is 19.3 Å². The van der Waals surface area contributed by atoms with Crippen LogP contribution in [-0.4, -0.2) is 45.9 Å². The van der Waals surface area contributed by atoms with Crippen LogP contribution >= 0.6 is 0 Å². The molecule has 0 radical (unpaired) electrons. The van der Waals surface area contributed by atoms with E-state index in [1.807, 2.05) is 24.3 Å². The number of rotatable bonds is 9. The quantitative estimate of drug-likeness (QED) is 0.142. The van der Waals surface area contributed by atoms with E-state index in [0.29, 0.717) is 17.9 Å². The normalized spacial score (nSPS) is 16.9. The standard InChI is InChI=1S/C39H42N2O4/c1-3-4-25-44-38(42)36-26-28-9-18-33(43-2)27-35(28)37-34(36)19-20-39(45-37,29-10-14-31(15-11-29)40-21-5-6-22-40)30-12-16-32(17-13-30)41-23-7-8-24-41/h9-20,26-27H,3-8,21-25H2,1-2H3. The molecule has 2 fully saturated rings. The highest BCUT2D eigenvalue weighted by molar-refractivity contribution is 6.04. The highest BCUT2D eigenvalue weighted by Gasteiger charge is 2.39. The number of hydrogen-bond acceptors (Lipinski definition) is 6. The fraction of sp³-hybridized carbons (Fsp3) is 0.359. The van der Waals surface area contributed by atoms with E-state index in [2.05, 4.69) is 77.4 Å². The zero-order chi connectivity index (χ0) is 30.8. The molecule has 6 nitrogen and oxygen atoms in total. The monoisotopic (exact) mass is 602 g/mol. The third-order valence-electron chi connectivity index (χ3n) is 9.57. The van der Waals surface area contributed by atoms with Crippen molar-refractivity contribution in [3.63, 3.8) is 0 Å². The second kappa shape index (κ2) is 12.5. The smallest absolute Gasteiger partial charge is 0.338 e. The molecule has 0 saturated carbocycles. The Hall–Kier alpha value is -4.45. The van der Waals surface area contributed by atoms with Crippen molar-refractivity contribution in [2.24, 2.45) is 0 Å². The van der Waals surface area contributed by atoms with E-state index in [4.69, 9.17) is 14.2 Å². The lowest BCUT2D eigenvalue weighted by molar-refractivity contribution is 0.0498. The minimum absolute atomic E-state index is 0.330. The third-order valence-corrected chi connectivity index (χ3v) is 9.57. The molecule has 0 spiro atoms. The minimum atomic E-state index is -0.902. The van der Waals surface area contributed by atoms with E-state index in [0.717, 1.165) is 72.2 Å². The average molecular weight is 603 g/mol. The van der Waals surface area contributed by atoms with Crippen LogP contribution in [0.4, 0.5) is 11.4 Å². The Labute approximate surface area is 266 Å². The summed E-state index contributed by atoms with van der Waals surface area (Å²) in [4.78, 5) is 18.3. The molecule has 0 amide bonds. The molecule has 3 aliphatic rings. The predicted molar refractivity (Wildman–Crippen MR) is 182 cm³/mol. The van der Waals surface area contributed by atoms with Crippen molar-refractivity contribution in [2.75, 3.05) is 49.7 Å².